The number of nitrogens with zero attached hydrogens (tertiary/aromatic N) is 3. The van der Waals surface area contributed by atoms with Gasteiger partial charge in [-0.05, 0) is 0 Å². The zero-order valence-electron chi connectivity index (χ0n) is 16.3. The van der Waals surface area contributed by atoms with Crippen molar-refractivity contribution in [1.29, 1.82) is 0 Å². The van der Waals surface area contributed by atoms with Gasteiger partial charge >= 0.3 is 155 Å². The monoisotopic (exact) mass is 450 g/mol. The van der Waals surface area contributed by atoms with E-state index >= 15 is 0 Å². The Morgan fingerprint density at radius 2 is 2.04 bits per heavy atom. The molecule has 1 N–H and O–H groups in total. The number of hydrogen-bond acceptors (Lipinski definition) is 4. The van der Waals surface area contributed by atoms with Gasteiger partial charge in [0.15, 0.2) is 0 Å². The number of rotatable bonds is 4. The molecule has 0 saturated heterocycles. The second-order valence-corrected chi connectivity index (χ2v) is 8.14. The third-order valence-electron chi connectivity index (χ3n) is 3.98. The molecule has 0 aliphatic heterocycles. The first-order valence-electron chi connectivity index (χ1n) is 9.08. The summed E-state index contributed by atoms with van der Waals surface area (Å²) in [6, 6.07) is 4.58. The number of non-ortho nitro benzene ring substituents is 1. The van der Waals surface area contributed by atoms with E-state index in [1.165, 1.54) is 6.07 Å². The van der Waals surface area contributed by atoms with E-state index in [1.54, 1.807) is 21.9 Å². The van der Waals surface area contributed by atoms with Crippen LogP contribution in [0.5, 0.6) is 0 Å². The van der Waals surface area contributed by atoms with Crippen LogP contribution in [0.4, 0.5) is 5.69 Å². The fraction of sp³-hybridized carbons (Fsp3) is 0.300. The van der Waals surface area contributed by atoms with Crippen molar-refractivity contribution in [2.24, 2.45) is 0 Å². The number of hydroxylamine groups is 1. The Bertz CT molecular complexity index is 1060. The SMILES string of the molecule is CC.CC(C)/[N+](O)=C\C1=CCC(n2[se]c3c([N+](=O)[O-])cccc3c2=O)=CC=C1. The minimum atomic E-state index is -0.473. The van der Waals surface area contributed by atoms with Crippen LogP contribution < -0.4 is 5.56 Å². The van der Waals surface area contributed by atoms with Crippen LogP contribution in [-0.2, 0) is 0 Å². The molecule has 0 unspecified atom stereocenters. The first-order chi connectivity index (χ1) is 13.4. The molecule has 0 fully saturated rings. The first-order valence-corrected chi connectivity index (χ1v) is 10.7. The Morgan fingerprint density at radius 1 is 1.32 bits per heavy atom. The van der Waals surface area contributed by atoms with E-state index in [0.717, 1.165) is 16.0 Å². The van der Waals surface area contributed by atoms with Gasteiger partial charge in [0.1, 0.15) is 0 Å². The molecule has 1 aromatic heterocycles. The summed E-state index contributed by atoms with van der Waals surface area (Å²) in [4.78, 5) is 23.5. The molecule has 0 saturated carbocycles. The predicted molar refractivity (Wildman–Crippen MR) is 113 cm³/mol. The van der Waals surface area contributed by atoms with E-state index in [0.29, 0.717) is 16.1 Å². The van der Waals surface area contributed by atoms with Gasteiger partial charge in [-0.3, -0.25) is 0 Å². The molecule has 8 heteroatoms. The Kier molecular flexibility index (Phi) is 7.31. The summed E-state index contributed by atoms with van der Waals surface area (Å²) in [5.74, 6) is 0. The summed E-state index contributed by atoms with van der Waals surface area (Å²) in [6.45, 7) is 7.74. The number of aromatic nitrogens is 1. The van der Waals surface area contributed by atoms with Crippen molar-refractivity contribution >= 4 is 42.0 Å². The molecule has 7 nitrogen and oxygen atoms in total. The molecule has 0 spiro atoms. The molecule has 0 amide bonds. The summed E-state index contributed by atoms with van der Waals surface area (Å²) in [6.07, 6.45) is 9.56. The Balaban J connectivity index is 0.00000136. The molecular weight excluding hydrogens is 425 g/mol. The van der Waals surface area contributed by atoms with E-state index in [2.05, 4.69) is 0 Å². The third-order valence-corrected chi connectivity index (χ3v) is 6.49. The predicted octanol–water partition coefficient (Wildman–Crippen LogP) is 3.60. The molecule has 1 aliphatic rings. The number of fused-ring (bicyclic) bond motifs is 1. The Morgan fingerprint density at radius 3 is 2.68 bits per heavy atom. The first kappa shape index (κ1) is 21.6. The van der Waals surface area contributed by atoms with Crippen molar-refractivity contribution < 1.29 is 14.9 Å². The summed E-state index contributed by atoms with van der Waals surface area (Å²) in [5.41, 5.74) is 1.42. The van der Waals surface area contributed by atoms with Gasteiger partial charge in [-0.25, -0.2) is 0 Å². The molecule has 0 radical (unpaired) electrons. The second-order valence-electron chi connectivity index (χ2n) is 6.13. The van der Waals surface area contributed by atoms with Crippen molar-refractivity contribution in [3.63, 3.8) is 0 Å². The average Bonchev–Trinajstić information content (AvgIpc) is 2.86. The molecule has 1 heterocycles. The Labute approximate surface area is 169 Å². The van der Waals surface area contributed by atoms with Crippen molar-refractivity contribution in [3.8, 4) is 0 Å². The van der Waals surface area contributed by atoms with Crippen molar-refractivity contribution in [2.75, 3.05) is 0 Å². The van der Waals surface area contributed by atoms with Gasteiger partial charge in [0.2, 0.25) is 0 Å². The number of hydrogen-bond donors (Lipinski definition) is 1. The van der Waals surface area contributed by atoms with Crippen molar-refractivity contribution in [3.05, 3.63) is 68.5 Å². The quantitative estimate of drug-likeness (QED) is 0.193. The molecule has 2 aromatic rings. The normalized spacial score (nSPS) is 14.2. The molecule has 0 atom stereocenters. The molecule has 28 heavy (non-hydrogen) atoms. The second kappa shape index (κ2) is 9.48. The molecule has 1 aromatic carbocycles. The van der Waals surface area contributed by atoms with E-state index in [9.17, 15) is 20.1 Å². The van der Waals surface area contributed by atoms with Crippen LogP contribution in [0.1, 0.15) is 34.1 Å². The zero-order valence-corrected chi connectivity index (χ0v) is 18.0. The molecular formula is C20H24N3O4Se+. The molecule has 148 valence electrons. The minimum absolute atomic E-state index is 0.000495. The number of nitro benzene ring substituents is 1. The van der Waals surface area contributed by atoms with Crippen LogP contribution in [-0.4, -0.2) is 45.4 Å². The number of benzene rings is 1. The standard InChI is InChI=1S/C18H18N3O4Se.C2H6/c1-12(2)19(23)11-13-5-3-6-14(10-9-13)20-18(22)15-7-4-8-16(21(24)25)17(15)26-20;1-2/h3-9,11-12,23H,10H2,1-2H3;1-2H3/q+1;/b19-11+;. The topological polar surface area (TPSA) is 88.4 Å². The van der Waals surface area contributed by atoms with Gasteiger partial charge in [-0.2, -0.15) is 0 Å². The molecule has 3 rings (SSSR count). The summed E-state index contributed by atoms with van der Waals surface area (Å²) < 4.78 is 3.28. The maximum absolute atomic E-state index is 12.7. The van der Waals surface area contributed by atoms with Gasteiger partial charge in [0.25, 0.3) is 0 Å². The van der Waals surface area contributed by atoms with Crippen molar-refractivity contribution in [2.45, 2.75) is 40.2 Å². The van der Waals surface area contributed by atoms with Crippen LogP contribution >= 0.6 is 0 Å². The van der Waals surface area contributed by atoms with Gasteiger partial charge in [0, 0.05) is 0 Å². The summed E-state index contributed by atoms with van der Waals surface area (Å²) in [7, 11) is 0. The van der Waals surface area contributed by atoms with Crippen molar-refractivity contribution in [1.82, 2.24) is 3.56 Å². The average molecular weight is 449 g/mol. The number of allylic oxidation sites excluding steroid dienone is 6. The molecule has 0 bridgehead atoms. The van der Waals surface area contributed by atoms with E-state index in [-0.39, 0.29) is 17.3 Å². The van der Waals surface area contributed by atoms with Crippen LogP contribution in [0.3, 0.4) is 0 Å². The zero-order chi connectivity index (χ0) is 20.8. The fourth-order valence-electron chi connectivity index (χ4n) is 2.54. The van der Waals surface area contributed by atoms with Gasteiger partial charge in [-0.15, -0.1) is 0 Å². The van der Waals surface area contributed by atoms with Crippen LogP contribution in [0.25, 0.3) is 15.3 Å². The van der Waals surface area contributed by atoms with Gasteiger partial charge in [-0.1, -0.05) is 13.8 Å². The van der Waals surface area contributed by atoms with E-state index < -0.39 is 19.7 Å². The Hall–Kier alpha value is -2.70. The maximum atomic E-state index is 12.7. The van der Waals surface area contributed by atoms with Crippen LogP contribution in [0.2, 0.25) is 0 Å². The van der Waals surface area contributed by atoms with Gasteiger partial charge in [0.05, 0.1) is 0 Å². The van der Waals surface area contributed by atoms with Crippen LogP contribution in [0, 0.1) is 10.1 Å². The third kappa shape index (κ3) is 4.58. The summed E-state index contributed by atoms with van der Waals surface area (Å²) >= 11 is -0.473. The van der Waals surface area contributed by atoms with Gasteiger partial charge < -0.3 is 0 Å². The summed E-state index contributed by atoms with van der Waals surface area (Å²) in [5, 5.41) is 21.5. The number of nitro groups is 1. The van der Waals surface area contributed by atoms with Crippen LogP contribution in [0.15, 0.2) is 52.9 Å². The molecule has 1 aliphatic carbocycles. The van der Waals surface area contributed by atoms with E-state index in [4.69, 9.17) is 0 Å². The van der Waals surface area contributed by atoms with E-state index in [1.807, 2.05) is 52.0 Å². The fourth-order valence-corrected chi connectivity index (χ4v) is 4.86.